The molecule has 0 radical (unpaired) electrons. The van der Waals surface area contributed by atoms with Crippen LogP contribution in [0.1, 0.15) is 83.1 Å². The van der Waals surface area contributed by atoms with Gasteiger partial charge in [-0.15, -0.1) is 22.7 Å². The molecule has 66 heavy (non-hydrogen) atoms. The SMILES string of the molecule is CC(C)(C)C.CC(C)(C)C.CC(C)(C)C.c1ccc2c(c1)ccc1oc3ccccc3c12.c1ccc2c(c1)ccc1sc3ccccc3c12.c1ccc2cc3c(cc2c1)sc1ccccc13. The van der Waals surface area contributed by atoms with Crippen LogP contribution < -0.4 is 0 Å². The highest BCUT2D eigenvalue weighted by atomic mass is 32.1. The summed E-state index contributed by atoms with van der Waals surface area (Å²) in [6.07, 6.45) is 0. The summed E-state index contributed by atoms with van der Waals surface area (Å²) in [5, 5.41) is 15.8. The van der Waals surface area contributed by atoms with E-state index in [9.17, 15) is 0 Å². The van der Waals surface area contributed by atoms with E-state index >= 15 is 0 Å². The van der Waals surface area contributed by atoms with Crippen molar-refractivity contribution in [3.05, 3.63) is 182 Å². The highest BCUT2D eigenvalue weighted by molar-refractivity contribution is 7.26. The first-order valence-electron chi connectivity index (χ1n) is 23.2. The number of rotatable bonds is 0. The number of benzene rings is 9. The number of furan rings is 1. The molecule has 0 aliphatic rings. The lowest BCUT2D eigenvalue weighted by molar-refractivity contribution is 0.469. The van der Waals surface area contributed by atoms with E-state index in [-0.39, 0.29) is 0 Å². The van der Waals surface area contributed by atoms with Crippen LogP contribution in [0, 0.1) is 16.2 Å². The Kier molecular flexibility index (Phi) is 14.7. The normalized spacial score (nSPS) is 11.6. The molecule has 0 amide bonds. The molecular formula is C63H66OS2. The Morgan fingerprint density at radius 3 is 1.24 bits per heavy atom. The van der Waals surface area contributed by atoms with Gasteiger partial charge in [0.2, 0.25) is 0 Å². The predicted octanol–water partition coefficient (Wildman–Crippen LogP) is 21.3. The highest BCUT2D eigenvalue weighted by Crippen LogP contribution is 2.39. The Morgan fingerprint density at radius 1 is 0.273 bits per heavy atom. The third-order valence-electron chi connectivity index (χ3n) is 9.78. The number of fused-ring (bicyclic) bond motifs is 14. The van der Waals surface area contributed by atoms with Gasteiger partial charge in [-0.25, -0.2) is 0 Å². The van der Waals surface area contributed by atoms with Crippen molar-refractivity contribution < 1.29 is 4.42 Å². The zero-order valence-electron chi connectivity index (χ0n) is 41.0. The molecule has 12 aromatic rings. The second-order valence-electron chi connectivity index (χ2n) is 21.8. The molecule has 3 heterocycles. The molecule has 0 unspecified atom stereocenters. The van der Waals surface area contributed by atoms with Gasteiger partial charge in [0.05, 0.1) is 0 Å². The molecule has 12 rings (SSSR count). The monoisotopic (exact) mass is 902 g/mol. The topological polar surface area (TPSA) is 13.1 Å². The standard InChI is InChI=1S/C16H10O.2C16H10S.3C5H12/c1-2-6-12-11(5-1)9-10-15-16(12)13-7-3-4-8-14(13)17-15;1-2-6-12-10-16-14(9-11(12)5-1)13-7-3-4-8-15(13)17-16;1-2-6-12-11(5-1)9-10-15-16(12)13-7-3-4-8-14(13)17-15;3*1-5(2,3)4/h3*1-10H;3*1-4H3. The molecule has 3 heteroatoms. The van der Waals surface area contributed by atoms with E-state index in [1.165, 1.54) is 83.4 Å². The van der Waals surface area contributed by atoms with Crippen molar-refractivity contribution in [1.29, 1.82) is 0 Å². The minimum absolute atomic E-state index is 0.500. The highest BCUT2D eigenvalue weighted by Gasteiger charge is 2.10. The van der Waals surface area contributed by atoms with Crippen LogP contribution in [0.5, 0.6) is 0 Å². The largest absolute Gasteiger partial charge is 0.456 e. The second-order valence-corrected chi connectivity index (χ2v) is 24.0. The van der Waals surface area contributed by atoms with Crippen molar-refractivity contribution in [2.45, 2.75) is 83.1 Å². The van der Waals surface area contributed by atoms with Gasteiger partial charge in [-0.2, -0.15) is 0 Å². The van der Waals surface area contributed by atoms with Crippen molar-refractivity contribution in [3.63, 3.8) is 0 Å². The summed E-state index contributed by atoms with van der Waals surface area (Å²) in [5.41, 5.74) is 3.42. The minimum atomic E-state index is 0.500. The van der Waals surface area contributed by atoms with Gasteiger partial charge >= 0.3 is 0 Å². The van der Waals surface area contributed by atoms with Gasteiger partial charge in [0.1, 0.15) is 11.2 Å². The summed E-state index contributed by atoms with van der Waals surface area (Å²) in [5.74, 6) is 0. The molecule has 0 spiro atoms. The fourth-order valence-corrected chi connectivity index (χ4v) is 9.66. The van der Waals surface area contributed by atoms with Crippen LogP contribution >= 0.6 is 22.7 Å². The molecule has 0 atom stereocenters. The van der Waals surface area contributed by atoms with E-state index in [2.05, 4.69) is 253 Å². The molecule has 9 aromatic carbocycles. The zero-order chi connectivity index (χ0) is 47.2. The van der Waals surface area contributed by atoms with Gasteiger partial charge in [0, 0.05) is 51.1 Å². The number of hydrogen-bond acceptors (Lipinski definition) is 3. The zero-order valence-corrected chi connectivity index (χ0v) is 42.7. The fourth-order valence-electron chi connectivity index (χ4n) is 7.40. The Morgan fingerprint density at radius 2 is 0.667 bits per heavy atom. The molecule has 0 saturated heterocycles. The van der Waals surface area contributed by atoms with Crippen LogP contribution in [-0.2, 0) is 0 Å². The van der Waals surface area contributed by atoms with Gasteiger partial charge in [-0.1, -0.05) is 223 Å². The van der Waals surface area contributed by atoms with Crippen molar-refractivity contribution in [1.82, 2.24) is 0 Å². The van der Waals surface area contributed by atoms with Gasteiger partial charge in [0.25, 0.3) is 0 Å². The quantitative estimate of drug-likeness (QED) is 0.148. The van der Waals surface area contributed by atoms with Crippen molar-refractivity contribution in [2.75, 3.05) is 0 Å². The lowest BCUT2D eigenvalue weighted by atomic mass is 10.0. The van der Waals surface area contributed by atoms with Crippen LogP contribution in [0.2, 0.25) is 0 Å². The number of thiophene rings is 2. The Bertz CT molecular complexity index is 3300. The molecule has 0 aliphatic heterocycles. The minimum Gasteiger partial charge on any atom is -0.456 e. The third-order valence-corrected chi connectivity index (χ3v) is 12.0. The average molecular weight is 903 g/mol. The first kappa shape index (κ1) is 47.9. The molecule has 0 N–H and O–H groups in total. The Labute approximate surface area is 400 Å². The Hall–Kier alpha value is -6.00. The maximum atomic E-state index is 5.86. The summed E-state index contributed by atoms with van der Waals surface area (Å²) >= 11 is 3.75. The number of hydrogen-bond donors (Lipinski definition) is 0. The maximum absolute atomic E-state index is 5.86. The van der Waals surface area contributed by atoms with Gasteiger partial charge < -0.3 is 4.42 Å². The van der Waals surface area contributed by atoms with E-state index < -0.39 is 0 Å². The van der Waals surface area contributed by atoms with E-state index in [0.717, 1.165) is 11.2 Å². The van der Waals surface area contributed by atoms with Gasteiger partial charge in [-0.05, 0) is 91.0 Å². The summed E-state index contributed by atoms with van der Waals surface area (Å²) in [6.45, 7) is 26.2. The Balaban J connectivity index is 0.000000128. The first-order chi connectivity index (χ1) is 31.3. The molecule has 0 saturated carbocycles. The first-order valence-corrected chi connectivity index (χ1v) is 24.8. The smallest absolute Gasteiger partial charge is 0.136 e. The van der Waals surface area contributed by atoms with Crippen LogP contribution in [0.4, 0.5) is 0 Å². The summed E-state index contributed by atoms with van der Waals surface area (Å²) in [7, 11) is 0. The van der Waals surface area contributed by atoms with Crippen LogP contribution in [0.3, 0.4) is 0 Å². The molecule has 3 aromatic heterocycles. The average Bonchev–Trinajstić information content (AvgIpc) is 3.96. The fraction of sp³-hybridized carbons (Fsp3) is 0.238. The maximum Gasteiger partial charge on any atom is 0.136 e. The number of para-hydroxylation sites is 1. The van der Waals surface area contributed by atoms with E-state index in [1.54, 1.807) is 0 Å². The second kappa shape index (κ2) is 20.3. The lowest BCUT2D eigenvalue weighted by Gasteiger charge is -2.05. The molecule has 336 valence electrons. The van der Waals surface area contributed by atoms with E-state index in [4.69, 9.17) is 4.42 Å². The van der Waals surface area contributed by atoms with Crippen LogP contribution in [-0.4, -0.2) is 0 Å². The van der Waals surface area contributed by atoms with Crippen LogP contribution in [0.25, 0.3) is 94.6 Å². The van der Waals surface area contributed by atoms with Gasteiger partial charge in [0.15, 0.2) is 0 Å². The molecule has 1 nitrogen and oxygen atoms in total. The van der Waals surface area contributed by atoms with Crippen LogP contribution in [0.15, 0.2) is 186 Å². The summed E-state index contributed by atoms with van der Waals surface area (Å²) < 4.78 is 11.4. The predicted molar refractivity (Wildman–Crippen MR) is 300 cm³/mol. The van der Waals surface area contributed by atoms with E-state index in [1.807, 2.05) is 34.8 Å². The van der Waals surface area contributed by atoms with Crippen molar-refractivity contribution in [3.8, 4) is 0 Å². The summed E-state index contributed by atoms with van der Waals surface area (Å²) in [4.78, 5) is 0. The van der Waals surface area contributed by atoms with E-state index in [0.29, 0.717) is 16.2 Å². The lowest BCUT2D eigenvalue weighted by Crippen LogP contribution is -1.93. The molecular weight excluding hydrogens is 837 g/mol. The molecule has 0 fully saturated rings. The molecule has 0 aliphatic carbocycles. The third kappa shape index (κ3) is 12.7. The summed E-state index contributed by atoms with van der Waals surface area (Å²) in [6, 6.07) is 64.3. The molecule has 0 bridgehead atoms. The van der Waals surface area contributed by atoms with Crippen molar-refractivity contribution in [2.24, 2.45) is 16.2 Å². The van der Waals surface area contributed by atoms with Gasteiger partial charge in [-0.3, -0.25) is 0 Å². The van der Waals surface area contributed by atoms with Crippen molar-refractivity contribution >= 4 is 117 Å².